The third-order valence-electron chi connectivity index (χ3n) is 4.62. The lowest BCUT2D eigenvalue weighted by molar-refractivity contribution is -0.121. The summed E-state index contributed by atoms with van der Waals surface area (Å²) in [6.07, 6.45) is 0.944. The predicted octanol–water partition coefficient (Wildman–Crippen LogP) is 4.93. The fraction of sp³-hybridized carbons (Fsp3) is 0.130. The molecule has 4 rings (SSSR count). The monoisotopic (exact) mass is 389 g/mol. The van der Waals surface area contributed by atoms with Gasteiger partial charge in [-0.25, -0.2) is 4.98 Å². The van der Waals surface area contributed by atoms with Crippen LogP contribution in [-0.4, -0.2) is 15.5 Å². The largest absolute Gasteiger partial charge is 0.352 e. The molecular formula is C23H20ClN3O. The van der Waals surface area contributed by atoms with Gasteiger partial charge in [0.15, 0.2) is 0 Å². The summed E-state index contributed by atoms with van der Waals surface area (Å²) < 4.78 is 2.13. The maximum atomic E-state index is 12.3. The standard InChI is InChI=1S/C23H20ClN3O/c24-18-12-10-17(11-13-18)16-25-23(28)15-14-22-26-20-8-4-5-9-21(20)27(22)19-6-2-1-3-7-19/h1-13H,14-16H2,(H,25,28). The average molecular weight is 390 g/mol. The van der Waals surface area contributed by atoms with E-state index in [0.29, 0.717) is 24.4 Å². The smallest absolute Gasteiger partial charge is 0.220 e. The number of aryl methyl sites for hydroxylation is 1. The van der Waals surface area contributed by atoms with Gasteiger partial charge in [-0.3, -0.25) is 9.36 Å². The maximum Gasteiger partial charge on any atom is 0.220 e. The number of halogens is 1. The highest BCUT2D eigenvalue weighted by Gasteiger charge is 2.13. The predicted molar refractivity (Wildman–Crippen MR) is 113 cm³/mol. The van der Waals surface area contributed by atoms with Crippen LogP contribution in [0.3, 0.4) is 0 Å². The fourth-order valence-corrected chi connectivity index (χ4v) is 3.35. The molecule has 4 nitrogen and oxygen atoms in total. The van der Waals surface area contributed by atoms with Crippen LogP contribution in [0, 0.1) is 0 Å². The van der Waals surface area contributed by atoms with Gasteiger partial charge < -0.3 is 5.32 Å². The van der Waals surface area contributed by atoms with Crippen molar-refractivity contribution in [1.29, 1.82) is 0 Å². The number of nitrogens with zero attached hydrogens (tertiary/aromatic N) is 2. The first kappa shape index (κ1) is 18.3. The number of para-hydroxylation sites is 3. The van der Waals surface area contributed by atoms with E-state index in [-0.39, 0.29) is 5.91 Å². The van der Waals surface area contributed by atoms with Crippen molar-refractivity contribution in [3.05, 3.63) is 95.3 Å². The van der Waals surface area contributed by atoms with Gasteiger partial charge in [0.25, 0.3) is 0 Å². The van der Waals surface area contributed by atoms with Crippen LogP contribution in [0.4, 0.5) is 0 Å². The van der Waals surface area contributed by atoms with Crippen LogP contribution < -0.4 is 5.32 Å². The van der Waals surface area contributed by atoms with Crippen LogP contribution >= 0.6 is 11.6 Å². The third kappa shape index (κ3) is 4.07. The topological polar surface area (TPSA) is 46.9 Å². The minimum atomic E-state index is 0.00150. The van der Waals surface area contributed by atoms with Crippen LogP contribution in [0.15, 0.2) is 78.9 Å². The zero-order valence-electron chi connectivity index (χ0n) is 15.3. The number of benzene rings is 3. The second-order valence-corrected chi connectivity index (χ2v) is 7.03. The Morgan fingerprint density at radius 1 is 0.929 bits per heavy atom. The van der Waals surface area contributed by atoms with Gasteiger partial charge in [-0.05, 0) is 42.0 Å². The van der Waals surface area contributed by atoms with Gasteiger partial charge in [0.1, 0.15) is 5.82 Å². The number of hydrogen-bond acceptors (Lipinski definition) is 2. The number of fused-ring (bicyclic) bond motifs is 1. The number of amides is 1. The van der Waals surface area contributed by atoms with Crippen molar-refractivity contribution in [1.82, 2.24) is 14.9 Å². The zero-order valence-corrected chi connectivity index (χ0v) is 16.1. The van der Waals surface area contributed by atoms with E-state index in [1.165, 1.54) is 0 Å². The lowest BCUT2D eigenvalue weighted by Gasteiger charge is -2.10. The van der Waals surface area contributed by atoms with E-state index in [2.05, 4.69) is 28.1 Å². The van der Waals surface area contributed by atoms with Gasteiger partial charge in [0.05, 0.1) is 11.0 Å². The molecule has 1 aromatic heterocycles. The van der Waals surface area contributed by atoms with Crippen LogP contribution in [0.25, 0.3) is 16.7 Å². The van der Waals surface area contributed by atoms with Crippen molar-refractivity contribution in [2.45, 2.75) is 19.4 Å². The number of nitrogens with one attached hydrogen (secondary N) is 1. The molecular weight excluding hydrogens is 370 g/mol. The second-order valence-electron chi connectivity index (χ2n) is 6.59. The molecule has 0 unspecified atom stereocenters. The van der Waals surface area contributed by atoms with Gasteiger partial charge >= 0.3 is 0 Å². The number of hydrogen-bond donors (Lipinski definition) is 1. The number of aromatic nitrogens is 2. The Bertz CT molecular complexity index is 1090. The van der Waals surface area contributed by atoms with E-state index in [4.69, 9.17) is 16.6 Å². The van der Waals surface area contributed by atoms with Crippen molar-refractivity contribution < 1.29 is 4.79 Å². The lowest BCUT2D eigenvalue weighted by Crippen LogP contribution is -2.23. The first-order valence-corrected chi connectivity index (χ1v) is 9.61. The average Bonchev–Trinajstić information content (AvgIpc) is 3.11. The van der Waals surface area contributed by atoms with Gasteiger partial charge in [-0.15, -0.1) is 0 Å². The Kier molecular flexibility index (Phi) is 5.40. The van der Waals surface area contributed by atoms with E-state index < -0.39 is 0 Å². The molecule has 3 aromatic carbocycles. The molecule has 0 atom stereocenters. The first-order valence-electron chi connectivity index (χ1n) is 9.23. The molecule has 0 aliphatic heterocycles. The molecule has 0 aliphatic rings. The molecule has 28 heavy (non-hydrogen) atoms. The summed E-state index contributed by atoms with van der Waals surface area (Å²) >= 11 is 5.89. The molecule has 0 saturated heterocycles. The Balaban J connectivity index is 1.48. The van der Waals surface area contributed by atoms with E-state index >= 15 is 0 Å². The second kappa shape index (κ2) is 8.28. The van der Waals surface area contributed by atoms with E-state index in [0.717, 1.165) is 28.1 Å². The summed E-state index contributed by atoms with van der Waals surface area (Å²) in [5, 5.41) is 3.65. The molecule has 140 valence electrons. The minimum Gasteiger partial charge on any atom is -0.352 e. The SMILES string of the molecule is O=C(CCc1nc2ccccc2n1-c1ccccc1)NCc1ccc(Cl)cc1. The normalized spacial score (nSPS) is 10.9. The minimum absolute atomic E-state index is 0.00150. The van der Waals surface area contributed by atoms with Crippen LogP contribution in [-0.2, 0) is 17.8 Å². The van der Waals surface area contributed by atoms with Crippen molar-refractivity contribution in [2.75, 3.05) is 0 Å². The van der Waals surface area contributed by atoms with Crippen molar-refractivity contribution in [3.8, 4) is 5.69 Å². The van der Waals surface area contributed by atoms with Crippen LogP contribution in [0.5, 0.6) is 0 Å². The van der Waals surface area contributed by atoms with Gasteiger partial charge in [0.2, 0.25) is 5.91 Å². The highest BCUT2D eigenvalue weighted by atomic mass is 35.5. The maximum absolute atomic E-state index is 12.3. The molecule has 5 heteroatoms. The fourth-order valence-electron chi connectivity index (χ4n) is 3.23. The van der Waals surface area contributed by atoms with Crippen molar-refractivity contribution in [2.24, 2.45) is 0 Å². The van der Waals surface area contributed by atoms with E-state index in [1.807, 2.05) is 60.7 Å². The van der Waals surface area contributed by atoms with Gasteiger partial charge in [-0.2, -0.15) is 0 Å². The highest BCUT2D eigenvalue weighted by molar-refractivity contribution is 6.30. The number of imidazole rings is 1. The summed E-state index contributed by atoms with van der Waals surface area (Å²) in [5.41, 5.74) is 4.05. The summed E-state index contributed by atoms with van der Waals surface area (Å²) in [4.78, 5) is 17.1. The van der Waals surface area contributed by atoms with Gasteiger partial charge in [0, 0.05) is 30.1 Å². The number of rotatable bonds is 6. The Hall–Kier alpha value is -3.11. The molecule has 0 bridgehead atoms. The summed E-state index contributed by atoms with van der Waals surface area (Å²) in [6, 6.07) is 25.6. The molecule has 0 spiro atoms. The number of carbonyl (C=O) groups excluding carboxylic acids is 1. The molecule has 0 fully saturated rings. The Morgan fingerprint density at radius 3 is 2.43 bits per heavy atom. The number of carbonyl (C=O) groups is 1. The Labute approximate surface area is 168 Å². The summed E-state index contributed by atoms with van der Waals surface area (Å²) in [7, 11) is 0. The molecule has 0 radical (unpaired) electrons. The quantitative estimate of drug-likeness (QED) is 0.508. The zero-order chi connectivity index (χ0) is 19.3. The molecule has 1 amide bonds. The molecule has 4 aromatic rings. The van der Waals surface area contributed by atoms with Crippen LogP contribution in [0.1, 0.15) is 17.8 Å². The molecule has 1 N–H and O–H groups in total. The van der Waals surface area contributed by atoms with Gasteiger partial charge in [-0.1, -0.05) is 54.1 Å². The molecule has 1 heterocycles. The molecule has 0 aliphatic carbocycles. The summed E-state index contributed by atoms with van der Waals surface area (Å²) in [6.45, 7) is 0.491. The van der Waals surface area contributed by atoms with E-state index in [1.54, 1.807) is 0 Å². The summed E-state index contributed by atoms with van der Waals surface area (Å²) in [5.74, 6) is 0.885. The highest BCUT2D eigenvalue weighted by Crippen LogP contribution is 2.22. The van der Waals surface area contributed by atoms with Crippen LogP contribution in [0.2, 0.25) is 5.02 Å². The Morgan fingerprint density at radius 2 is 1.64 bits per heavy atom. The van der Waals surface area contributed by atoms with Crippen molar-refractivity contribution in [3.63, 3.8) is 0 Å². The third-order valence-corrected chi connectivity index (χ3v) is 4.88. The first-order chi connectivity index (χ1) is 13.7. The van der Waals surface area contributed by atoms with Crippen molar-refractivity contribution >= 4 is 28.5 Å². The van der Waals surface area contributed by atoms with E-state index in [9.17, 15) is 4.79 Å². The lowest BCUT2D eigenvalue weighted by atomic mass is 10.2. The molecule has 0 saturated carbocycles.